The van der Waals surface area contributed by atoms with E-state index in [1.165, 1.54) is 12.0 Å². The molecule has 9 heteroatoms. The lowest BCUT2D eigenvalue weighted by atomic mass is 10.0. The molecule has 3 aromatic heterocycles. The Kier molecular flexibility index (Phi) is 6.65. The monoisotopic (exact) mass is 496 g/mol. The molecule has 0 bridgehead atoms. The van der Waals surface area contributed by atoms with Gasteiger partial charge in [-0.2, -0.15) is 5.10 Å². The second kappa shape index (κ2) is 10.4. The van der Waals surface area contributed by atoms with E-state index >= 15 is 0 Å². The van der Waals surface area contributed by atoms with Gasteiger partial charge in [0.2, 0.25) is 0 Å². The Hall–Kier alpha value is -3.66. The normalized spacial score (nSPS) is 17.1. The molecule has 2 saturated heterocycles. The number of aromatic amines is 1. The lowest BCUT2D eigenvalue weighted by molar-refractivity contribution is 0.102. The molecule has 4 aromatic rings. The third-order valence-corrected chi connectivity index (χ3v) is 7.33. The summed E-state index contributed by atoms with van der Waals surface area (Å²) in [5.74, 6) is -0.262. The Morgan fingerprint density at radius 2 is 1.76 bits per heavy atom. The molecule has 6 rings (SSSR count). The van der Waals surface area contributed by atoms with E-state index in [-0.39, 0.29) is 5.91 Å². The van der Waals surface area contributed by atoms with Crippen LogP contribution in [0.4, 0.5) is 5.69 Å². The van der Waals surface area contributed by atoms with Gasteiger partial charge >= 0.3 is 0 Å². The number of anilines is 1. The SMILES string of the molecule is CN1CCN(Cc2ccc(NC(=O)c3n[nH]c4ccc(-c5cncc(CN6CCC6)c5)cc34)cn2)CC1. The predicted octanol–water partition coefficient (Wildman–Crippen LogP) is 3.23. The van der Waals surface area contributed by atoms with Gasteiger partial charge < -0.3 is 10.2 Å². The maximum absolute atomic E-state index is 13.1. The zero-order valence-electron chi connectivity index (χ0n) is 21.2. The number of fused-ring (bicyclic) bond motifs is 1. The van der Waals surface area contributed by atoms with Gasteiger partial charge in [-0.3, -0.25) is 29.7 Å². The summed E-state index contributed by atoms with van der Waals surface area (Å²) >= 11 is 0. The highest BCUT2D eigenvalue weighted by molar-refractivity contribution is 6.11. The van der Waals surface area contributed by atoms with Crippen LogP contribution in [0, 0.1) is 0 Å². The summed E-state index contributed by atoms with van der Waals surface area (Å²) in [5.41, 5.74) is 6.08. The van der Waals surface area contributed by atoms with Gasteiger partial charge in [0.25, 0.3) is 5.91 Å². The quantitative estimate of drug-likeness (QED) is 0.406. The number of carbonyl (C=O) groups is 1. The van der Waals surface area contributed by atoms with Gasteiger partial charge in [0, 0.05) is 62.6 Å². The van der Waals surface area contributed by atoms with Gasteiger partial charge in [-0.25, -0.2) is 0 Å². The summed E-state index contributed by atoms with van der Waals surface area (Å²) in [7, 11) is 2.15. The van der Waals surface area contributed by atoms with Gasteiger partial charge in [0.15, 0.2) is 5.69 Å². The number of nitrogens with one attached hydrogen (secondary N) is 2. The maximum Gasteiger partial charge on any atom is 0.276 e. The largest absolute Gasteiger partial charge is 0.319 e. The molecule has 37 heavy (non-hydrogen) atoms. The highest BCUT2D eigenvalue weighted by Gasteiger charge is 2.18. The fourth-order valence-electron chi connectivity index (χ4n) is 4.91. The number of rotatable bonds is 7. The molecule has 1 amide bonds. The summed E-state index contributed by atoms with van der Waals surface area (Å²) in [6.07, 6.45) is 6.79. The molecule has 0 atom stereocenters. The van der Waals surface area contributed by atoms with Gasteiger partial charge in [-0.05, 0) is 68.0 Å². The van der Waals surface area contributed by atoms with Gasteiger partial charge in [-0.1, -0.05) is 6.07 Å². The number of piperazine rings is 1. The predicted molar refractivity (Wildman–Crippen MR) is 144 cm³/mol. The number of hydrogen-bond donors (Lipinski definition) is 2. The van der Waals surface area contributed by atoms with E-state index in [2.05, 4.69) is 53.3 Å². The Labute approximate surface area is 216 Å². The number of likely N-dealkylation sites (N-methyl/N-ethyl adjacent to an activating group) is 1. The lowest BCUT2D eigenvalue weighted by Gasteiger charge is -2.32. The molecule has 0 spiro atoms. The highest BCUT2D eigenvalue weighted by atomic mass is 16.1. The number of amides is 1. The minimum absolute atomic E-state index is 0.262. The number of hydrogen-bond acceptors (Lipinski definition) is 7. The second-order valence-electron chi connectivity index (χ2n) is 10.1. The molecule has 0 aliphatic carbocycles. The van der Waals surface area contributed by atoms with E-state index < -0.39 is 0 Å². The Balaban J connectivity index is 1.15. The average molecular weight is 497 g/mol. The summed E-state index contributed by atoms with van der Waals surface area (Å²) in [6, 6.07) is 12.1. The fraction of sp³-hybridized carbons (Fsp3) is 0.357. The average Bonchev–Trinajstić information content (AvgIpc) is 3.32. The van der Waals surface area contributed by atoms with Crippen molar-refractivity contribution < 1.29 is 4.79 Å². The lowest BCUT2D eigenvalue weighted by Crippen LogP contribution is -2.43. The number of carbonyl (C=O) groups excluding carboxylic acids is 1. The molecule has 5 heterocycles. The van der Waals surface area contributed by atoms with E-state index in [0.29, 0.717) is 11.4 Å². The third-order valence-electron chi connectivity index (χ3n) is 7.33. The first-order valence-corrected chi connectivity index (χ1v) is 12.9. The maximum atomic E-state index is 13.1. The number of benzene rings is 1. The zero-order chi connectivity index (χ0) is 25.2. The topological polar surface area (TPSA) is 93.3 Å². The first kappa shape index (κ1) is 23.7. The van der Waals surface area contributed by atoms with E-state index in [4.69, 9.17) is 0 Å². The molecule has 1 aromatic carbocycles. The van der Waals surface area contributed by atoms with Gasteiger partial charge in [0.1, 0.15) is 0 Å². The van der Waals surface area contributed by atoms with Crippen LogP contribution in [-0.4, -0.2) is 87.1 Å². The van der Waals surface area contributed by atoms with Crippen molar-refractivity contribution in [2.24, 2.45) is 0 Å². The molecular formula is C28H32N8O. The van der Waals surface area contributed by atoms with Crippen LogP contribution < -0.4 is 5.32 Å². The number of pyridine rings is 2. The summed E-state index contributed by atoms with van der Waals surface area (Å²) in [4.78, 5) is 29.3. The Morgan fingerprint density at radius 3 is 2.51 bits per heavy atom. The van der Waals surface area contributed by atoms with E-state index in [1.54, 1.807) is 6.20 Å². The molecule has 2 aliphatic rings. The standard InChI is InChI=1S/C28H32N8O/c1-34-9-11-36(12-10-34)19-24-5-4-23(17-30-24)31-28(37)27-25-14-21(3-6-26(25)32-33-27)22-13-20(15-29-16-22)18-35-7-2-8-35/h3-6,13-17H,2,7-12,18-19H2,1H3,(H,31,37)(H,32,33). The van der Waals surface area contributed by atoms with Crippen LogP contribution in [0.3, 0.4) is 0 Å². The Bertz CT molecular complexity index is 1390. The zero-order valence-corrected chi connectivity index (χ0v) is 21.2. The van der Waals surface area contributed by atoms with Crippen molar-refractivity contribution in [3.8, 4) is 11.1 Å². The minimum atomic E-state index is -0.262. The number of nitrogens with zero attached hydrogens (tertiary/aromatic N) is 6. The third kappa shape index (κ3) is 5.39. The van der Waals surface area contributed by atoms with E-state index in [1.807, 2.05) is 42.7 Å². The Morgan fingerprint density at radius 1 is 0.919 bits per heavy atom. The summed E-state index contributed by atoms with van der Waals surface area (Å²) in [5, 5.41) is 11.0. The summed E-state index contributed by atoms with van der Waals surface area (Å²) in [6.45, 7) is 8.29. The van der Waals surface area contributed by atoms with Crippen molar-refractivity contribution in [2.45, 2.75) is 19.5 Å². The number of likely N-dealkylation sites (tertiary alicyclic amines) is 1. The molecule has 0 radical (unpaired) electrons. The van der Waals surface area contributed by atoms with E-state index in [9.17, 15) is 4.79 Å². The molecule has 0 unspecified atom stereocenters. The van der Waals surface area contributed by atoms with E-state index in [0.717, 1.165) is 80.1 Å². The van der Waals surface area contributed by atoms with Crippen LogP contribution in [-0.2, 0) is 13.1 Å². The fourth-order valence-corrected chi connectivity index (χ4v) is 4.91. The first-order valence-electron chi connectivity index (χ1n) is 12.9. The van der Waals surface area contributed by atoms with Crippen LogP contribution in [0.25, 0.3) is 22.0 Å². The molecule has 190 valence electrons. The van der Waals surface area contributed by atoms with Crippen molar-refractivity contribution in [3.05, 3.63) is 71.9 Å². The molecule has 2 aliphatic heterocycles. The van der Waals surface area contributed by atoms with Gasteiger partial charge in [0.05, 0.1) is 23.1 Å². The number of H-pyrrole nitrogens is 1. The smallest absolute Gasteiger partial charge is 0.276 e. The van der Waals surface area contributed by atoms with Crippen LogP contribution >= 0.6 is 0 Å². The number of aromatic nitrogens is 4. The van der Waals surface area contributed by atoms with Crippen molar-refractivity contribution in [3.63, 3.8) is 0 Å². The van der Waals surface area contributed by atoms with Crippen molar-refractivity contribution in [1.82, 2.24) is 34.9 Å². The second-order valence-corrected chi connectivity index (χ2v) is 10.1. The van der Waals surface area contributed by atoms with Crippen molar-refractivity contribution in [1.29, 1.82) is 0 Å². The summed E-state index contributed by atoms with van der Waals surface area (Å²) < 4.78 is 0. The van der Waals surface area contributed by atoms with Crippen molar-refractivity contribution in [2.75, 3.05) is 51.6 Å². The molecule has 9 nitrogen and oxygen atoms in total. The van der Waals surface area contributed by atoms with Gasteiger partial charge in [-0.15, -0.1) is 0 Å². The minimum Gasteiger partial charge on any atom is -0.319 e. The molecule has 2 fully saturated rings. The first-order chi connectivity index (χ1) is 18.1. The molecular weight excluding hydrogens is 464 g/mol. The van der Waals surface area contributed by atoms with Crippen LogP contribution in [0.15, 0.2) is 55.0 Å². The van der Waals surface area contributed by atoms with Crippen LogP contribution in [0.5, 0.6) is 0 Å². The molecule has 0 saturated carbocycles. The highest BCUT2D eigenvalue weighted by Crippen LogP contribution is 2.27. The van der Waals surface area contributed by atoms with Crippen LogP contribution in [0.2, 0.25) is 0 Å². The van der Waals surface area contributed by atoms with Crippen molar-refractivity contribution >= 4 is 22.5 Å². The molecule has 2 N–H and O–H groups in total. The van der Waals surface area contributed by atoms with Crippen LogP contribution in [0.1, 0.15) is 28.2 Å².